The first-order valence-electron chi connectivity index (χ1n) is 9.78. The lowest BCUT2D eigenvalue weighted by atomic mass is 9.66. The Morgan fingerprint density at radius 3 is 2.47 bits per heavy atom. The molecular weight excluding hydrogens is 398 g/mol. The molecule has 4 rings (SSSR count). The number of hydrogen-bond acceptors (Lipinski definition) is 6. The van der Waals surface area contributed by atoms with E-state index in [2.05, 4.69) is 10.6 Å². The fraction of sp³-hybridized carbons (Fsp3) is 0.500. The summed E-state index contributed by atoms with van der Waals surface area (Å²) in [7, 11) is 0. The van der Waals surface area contributed by atoms with Crippen molar-refractivity contribution in [3.05, 3.63) is 34.9 Å². The van der Waals surface area contributed by atoms with Gasteiger partial charge < -0.3 is 11.1 Å². The Morgan fingerprint density at radius 2 is 1.83 bits per heavy atom. The van der Waals surface area contributed by atoms with Crippen molar-refractivity contribution in [2.45, 2.75) is 44.2 Å². The van der Waals surface area contributed by atoms with Gasteiger partial charge in [0.15, 0.2) is 0 Å². The highest BCUT2D eigenvalue weighted by atomic mass is 19.3. The molecular formula is C20H22F2N4O4. The average molecular weight is 420 g/mol. The quantitative estimate of drug-likeness (QED) is 0.578. The Bertz CT molecular complexity index is 941. The number of carbonyl (C=O) groups excluding carboxylic acids is 4. The molecule has 1 saturated carbocycles. The van der Waals surface area contributed by atoms with E-state index in [4.69, 9.17) is 5.73 Å². The van der Waals surface area contributed by atoms with E-state index in [0.717, 1.165) is 4.90 Å². The molecule has 0 bridgehead atoms. The van der Waals surface area contributed by atoms with Gasteiger partial charge in [-0.05, 0) is 30.7 Å². The van der Waals surface area contributed by atoms with Crippen LogP contribution in [0, 0.1) is 5.41 Å². The van der Waals surface area contributed by atoms with Crippen LogP contribution in [0.25, 0.3) is 0 Å². The van der Waals surface area contributed by atoms with Crippen molar-refractivity contribution < 1.29 is 28.0 Å². The van der Waals surface area contributed by atoms with Crippen LogP contribution in [0.5, 0.6) is 0 Å². The molecule has 3 aliphatic rings. The van der Waals surface area contributed by atoms with Crippen LogP contribution in [0.1, 0.15) is 52.0 Å². The maximum atomic E-state index is 13.2. The molecule has 8 nitrogen and oxygen atoms in total. The number of alkyl halides is 2. The molecule has 1 aromatic rings. The number of rotatable bonds is 6. The van der Waals surface area contributed by atoms with Gasteiger partial charge in [-0.2, -0.15) is 0 Å². The lowest BCUT2D eigenvalue weighted by Crippen LogP contribution is -2.55. The van der Waals surface area contributed by atoms with Gasteiger partial charge in [-0.25, -0.2) is 8.78 Å². The Balaban J connectivity index is 1.43. The van der Waals surface area contributed by atoms with Gasteiger partial charge in [0, 0.05) is 37.8 Å². The van der Waals surface area contributed by atoms with Gasteiger partial charge in [0.25, 0.3) is 11.8 Å². The van der Waals surface area contributed by atoms with Gasteiger partial charge in [0.05, 0.1) is 11.1 Å². The minimum absolute atomic E-state index is 0.0565. The van der Waals surface area contributed by atoms with Gasteiger partial charge in [-0.15, -0.1) is 0 Å². The Hall–Kier alpha value is -2.72. The fourth-order valence-electron chi connectivity index (χ4n) is 4.49. The normalized spacial score (nSPS) is 24.5. The summed E-state index contributed by atoms with van der Waals surface area (Å²) >= 11 is 0. The summed E-state index contributed by atoms with van der Waals surface area (Å²) in [5.41, 5.74) is 6.13. The number of halogens is 2. The summed E-state index contributed by atoms with van der Waals surface area (Å²) < 4.78 is 26.5. The lowest BCUT2D eigenvalue weighted by Gasteiger charge is -2.47. The first-order chi connectivity index (χ1) is 14.1. The molecule has 4 amide bonds. The largest absolute Gasteiger partial charge is 0.330 e. The van der Waals surface area contributed by atoms with Crippen LogP contribution in [0.2, 0.25) is 0 Å². The van der Waals surface area contributed by atoms with Crippen LogP contribution in [0.3, 0.4) is 0 Å². The smallest absolute Gasteiger partial charge is 0.262 e. The van der Waals surface area contributed by atoms with Gasteiger partial charge in [0.2, 0.25) is 17.7 Å². The van der Waals surface area contributed by atoms with Crippen molar-refractivity contribution in [1.82, 2.24) is 15.5 Å². The zero-order valence-corrected chi connectivity index (χ0v) is 16.2. The molecule has 1 saturated heterocycles. The lowest BCUT2D eigenvalue weighted by molar-refractivity contribution is -0.155. The predicted molar refractivity (Wildman–Crippen MR) is 100 cm³/mol. The van der Waals surface area contributed by atoms with E-state index in [1.807, 2.05) is 0 Å². The van der Waals surface area contributed by atoms with Crippen LogP contribution < -0.4 is 16.4 Å². The molecule has 1 aromatic carbocycles. The topological polar surface area (TPSA) is 122 Å². The van der Waals surface area contributed by atoms with E-state index < -0.39 is 41.0 Å². The minimum Gasteiger partial charge on any atom is -0.330 e. The monoisotopic (exact) mass is 420 g/mol. The zero-order valence-electron chi connectivity index (χ0n) is 16.2. The van der Waals surface area contributed by atoms with E-state index in [-0.39, 0.29) is 43.4 Å². The van der Waals surface area contributed by atoms with Crippen molar-refractivity contribution >= 4 is 23.6 Å². The molecule has 0 radical (unpaired) electrons. The first kappa shape index (κ1) is 20.5. The maximum absolute atomic E-state index is 13.2. The molecule has 1 atom stereocenters. The highest BCUT2D eigenvalue weighted by molar-refractivity contribution is 6.23. The predicted octanol–water partition coefficient (Wildman–Crippen LogP) is 0.552. The van der Waals surface area contributed by atoms with E-state index in [1.165, 1.54) is 6.07 Å². The van der Waals surface area contributed by atoms with Crippen LogP contribution >= 0.6 is 0 Å². The number of fused-ring (bicyclic) bond motifs is 1. The van der Waals surface area contributed by atoms with Gasteiger partial charge in [0.1, 0.15) is 6.04 Å². The molecule has 2 aliphatic heterocycles. The zero-order chi connectivity index (χ0) is 21.7. The number of hydrogen-bond donors (Lipinski definition) is 3. The van der Waals surface area contributed by atoms with E-state index in [1.54, 1.807) is 12.1 Å². The molecule has 0 spiro atoms. The van der Waals surface area contributed by atoms with Crippen LogP contribution in [0.4, 0.5) is 8.78 Å². The second-order valence-corrected chi connectivity index (χ2v) is 8.34. The summed E-state index contributed by atoms with van der Waals surface area (Å²) in [5.74, 6) is -4.90. The number of piperidine rings is 1. The number of imide groups is 2. The van der Waals surface area contributed by atoms with E-state index in [9.17, 15) is 28.0 Å². The SMILES string of the molecule is NCC1(CNCc2ccc3c(c2)C(=O)N(C2CCC(=O)NC2=O)C3=O)CC(F)(F)C1. The standard InChI is InChI=1S/C20H22F2N4O4/c21-20(22)7-19(8-20,9-23)10-24-6-11-1-2-12-13(5-11)18(30)26(17(12)29)14-3-4-15(27)25-16(14)28/h1-2,5,14,24H,3-4,6-10,23H2,(H,25,27,28). The Labute approximate surface area is 171 Å². The molecule has 2 heterocycles. The van der Waals surface area contributed by atoms with Crippen molar-refractivity contribution in [2.24, 2.45) is 11.1 Å². The molecule has 30 heavy (non-hydrogen) atoms. The molecule has 1 aliphatic carbocycles. The van der Waals surface area contributed by atoms with Crippen LogP contribution in [-0.4, -0.2) is 53.6 Å². The fourth-order valence-corrected chi connectivity index (χ4v) is 4.49. The Kier molecular flexibility index (Phi) is 4.94. The summed E-state index contributed by atoms with van der Waals surface area (Å²) in [6.45, 7) is 0.805. The second-order valence-electron chi connectivity index (χ2n) is 8.34. The summed E-state index contributed by atoms with van der Waals surface area (Å²) in [4.78, 5) is 49.8. The highest BCUT2D eigenvalue weighted by Gasteiger charge is 2.55. The van der Waals surface area contributed by atoms with E-state index >= 15 is 0 Å². The summed E-state index contributed by atoms with van der Waals surface area (Å²) in [6.07, 6.45) is -0.347. The number of benzene rings is 1. The van der Waals surface area contributed by atoms with Crippen LogP contribution in [-0.2, 0) is 16.1 Å². The first-order valence-corrected chi connectivity index (χ1v) is 9.78. The highest BCUT2D eigenvalue weighted by Crippen LogP contribution is 2.50. The third kappa shape index (κ3) is 3.50. The van der Waals surface area contributed by atoms with Gasteiger partial charge in [-0.1, -0.05) is 6.07 Å². The number of nitrogens with one attached hydrogen (secondary N) is 2. The van der Waals surface area contributed by atoms with Crippen LogP contribution in [0.15, 0.2) is 18.2 Å². The third-order valence-corrected chi connectivity index (χ3v) is 6.03. The average Bonchev–Trinajstić information content (AvgIpc) is 2.91. The molecule has 0 aromatic heterocycles. The summed E-state index contributed by atoms with van der Waals surface area (Å²) in [6, 6.07) is 3.75. The second kappa shape index (κ2) is 7.21. The molecule has 2 fully saturated rings. The molecule has 10 heteroatoms. The number of nitrogens with zero attached hydrogens (tertiary/aromatic N) is 1. The Morgan fingerprint density at radius 1 is 1.13 bits per heavy atom. The van der Waals surface area contributed by atoms with Crippen molar-refractivity contribution in [3.63, 3.8) is 0 Å². The van der Waals surface area contributed by atoms with Crippen molar-refractivity contribution in [2.75, 3.05) is 13.1 Å². The number of carbonyl (C=O) groups is 4. The molecule has 4 N–H and O–H groups in total. The molecule has 160 valence electrons. The molecule has 1 unspecified atom stereocenters. The minimum atomic E-state index is -2.67. The third-order valence-electron chi connectivity index (χ3n) is 6.03. The maximum Gasteiger partial charge on any atom is 0.262 e. The van der Waals surface area contributed by atoms with Crippen molar-refractivity contribution in [3.8, 4) is 0 Å². The van der Waals surface area contributed by atoms with E-state index in [0.29, 0.717) is 18.7 Å². The number of nitrogens with two attached hydrogens (primary N) is 1. The summed E-state index contributed by atoms with van der Waals surface area (Å²) in [5, 5.41) is 5.26. The number of amides is 4. The van der Waals surface area contributed by atoms with Gasteiger partial charge in [-0.3, -0.25) is 29.4 Å². The van der Waals surface area contributed by atoms with Gasteiger partial charge >= 0.3 is 0 Å². The van der Waals surface area contributed by atoms with Crippen molar-refractivity contribution in [1.29, 1.82) is 0 Å².